The summed E-state index contributed by atoms with van der Waals surface area (Å²) in [5.41, 5.74) is 2.79. The second-order valence-corrected chi connectivity index (χ2v) is 8.59. The molecule has 0 radical (unpaired) electrons. The molecule has 2 aliphatic rings. The van der Waals surface area contributed by atoms with E-state index in [1.165, 1.54) is 17.1 Å². The predicted octanol–water partition coefficient (Wildman–Crippen LogP) is 4.30. The Morgan fingerprint density at radius 3 is 2.53 bits per heavy atom. The fourth-order valence-electron chi connectivity index (χ4n) is 4.00. The van der Waals surface area contributed by atoms with Crippen molar-refractivity contribution in [1.82, 2.24) is 10.3 Å². The van der Waals surface area contributed by atoms with Gasteiger partial charge in [-0.05, 0) is 48.2 Å². The highest BCUT2D eigenvalue weighted by atomic mass is 35.5. The molecule has 0 bridgehead atoms. The number of carboxylic acid groups (broad SMARTS) is 1. The van der Waals surface area contributed by atoms with Crippen LogP contribution in [0.4, 0.5) is 4.39 Å². The molecule has 1 saturated carbocycles. The molecule has 1 heterocycles. The molecule has 1 amide bonds. The normalized spacial score (nSPS) is 17.1. The Kier molecular flexibility index (Phi) is 6.02. The van der Waals surface area contributed by atoms with Crippen LogP contribution in [0.1, 0.15) is 40.7 Å². The SMILES string of the molecule is CN1N=C(Cc2cccc(Cl)c2)CC(C(=O)NC2(c3ccc(C(=O)O)cc3)CC2)=C1CF. The smallest absolute Gasteiger partial charge is 0.335 e. The Bertz CT molecular complexity index is 1120. The van der Waals surface area contributed by atoms with Gasteiger partial charge in [-0.15, -0.1) is 0 Å². The largest absolute Gasteiger partial charge is 0.478 e. The highest BCUT2D eigenvalue weighted by molar-refractivity contribution is 6.30. The lowest BCUT2D eigenvalue weighted by atomic mass is 9.97. The van der Waals surface area contributed by atoms with Crippen LogP contribution in [0.5, 0.6) is 0 Å². The number of carbonyl (C=O) groups is 2. The predicted molar refractivity (Wildman–Crippen MR) is 120 cm³/mol. The number of allylic oxidation sites excluding steroid dienone is 1. The average Bonchev–Trinajstić information content (AvgIpc) is 3.54. The molecule has 6 nitrogen and oxygen atoms in total. The Labute approximate surface area is 190 Å². The number of halogens is 2. The average molecular weight is 456 g/mol. The Morgan fingerprint density at radius 1 is 1.22 bits per heavy atom. The first-order valence-electron chi connectivity index (χ1n) is 10.3. The third-order valence-corrected chi connectivity index (χ3v) is 6.13. The van der Waals surface area contributed by atoms with Gasteiger partial charge in [0.1, 0.15) is 6.67 Å². The molecule has 32 heavy (non-hydrogen) atoms. The lowest BCUT2D eigenvalue weighted by molar-refractivity contribution is -0.118. The zero-order valence-electron chi connectivity index (χ0n) is 17.6. The summed E-state index contributed by atoms with van der Waals surface area (Å²) >= 11 is 6.07. The Balaban J connectivity index is 1.53. The van der Waals surface area contributed by atoms with Crippen LogP contribution >= 0.6 is 11.6 Å². The number of nitrogens with zero attached hydrogens (tertiary/aromatic N) is 2. The molecule has 0 spiro atoms. The topological polar surface area (TPSA) is 82.0 Å². The van der Waals surface area contributed by atoms with Gasteiger partial charge in [-0.25, -0.2) is 9.18 Å². The standard InChI is InChI=1S/C24H23ClFN3O3/c1-29-21(14-26)20(13-19(28-29)12-15-3-2-4-18(25)11-15)22(30)27-24(9-10-24)17-7-5-16(6-8-17)23(31)32/h2-8,11H,9-10,12-14H2,1H3,(H,27,30)(H,31,32). The van der Waals surface area contributed by atoms with E-state index >= 15 is 0 Å². The third-order valence-electron chi connectivity index (χ3n) is 5.90. The van der Waals surface area contributed by atoms with Crippen LogP contribution in [0, 0.1) is 0 Å². The summed E-state index contributed by atoms with van der Waals surface area (Å²) in [7, 11) is 1.64. The minimum Gasteiger partial charge on any atom is -0.478 e. The third kappa shape index (κ3) is 4.53. The fourth-order valence-corrected chi connectivity index (χ4v) is 4.22. The van der Waals surface area contributed by atoms with Crippen molar-refractivity contribution in [2.45, 2.75) is 31.2 Å². The highest BCUT2D eigenvalue weighted by Crippen LogP contribution is 2.46. The number of amides is 1. The number of benzene rings is 2. The van der Waals surface area contributed by atoms with Gasteiger partial charge in [-0.3, -0.25) is 9.80 Å². The molecule has 1 fully saturated rings. The summed E-state index contributed by atoms with van der Waals surface area (Å²) in [5.74, 6) is -1.33. The van der Waals surface area contributed by atoms with E-state index in [1.807, 2.05) is 18.2 Å². The van der Waals surface area contributed by atoms with Gasteiger partial charge in [-0.2, -0.15) is 5.10 Å². The molecule has 2 aromatic carbocycles. The van der Waals surface area contributed by atoms with Crippen molar-refractivity contribution in [3.05, 3.63) is 81.5 Å². The monoisotopic (exact) mass is 455 g/mol. The molecule has 4 rings (SSSR count). The van der Waals surface area contributed by atoms with Gasteiger partial charge in [0.2, 0.25) is 5.91 Å². The first kappa shape index (κ1) is 22.0. The van der Waals surface area contributed by atoms with Gasteiger partial charge in [-0.1, -0.05) is 35.9 Å². The minimum atomic E-state index is -1.00. The zero-order valence-corrected chi connectivity index (χ0v) is 18.3. The van der Waals surface area contributed by atoms with E-state index in [2.05, 4.69) is 10.4 Å². The van der Waals surface area contributed by atoms with Crippen LogP contribution in [-0.4, -0.2) is 41.4 Å². The maximum absolute atomic E-state index is 13.8. The van der Waals surface area contributed by atoms with E-state index < -0.39 is 18.2 Å². The van der Waals surface area contributed by atoms with Crippen molar-refractivity contribution < 1.29 is 19.1 Å². The second kappa shape index (κ2) is 8.74. The van der Waals surface area contributed by atoms with Crippen LogP contribution in [0.3, 0.4) is 0 Å². The van der Waals surface area contributed by atoms with Gasteiger partial charge < -0.3 is 10.4 Å². The van der Waals surface area contributed by atoms with Crippen LogP contribution < -0.4 is 5.32 Å². The van der Waals surface area contributed by atoms with E-state index in [0.717, 1.165) is 29.7 Å². The van der Waals surface area contributed by atoms with Crippen molar-refractivity contribution in [1.29, 1.82) is 0 Å². The second-order valence-electron chi connectivity index (χ2n) is 8.15. The molecule has 1 aliphatic heterocycles. The number of hydrogen-bond acceptors (Lipinski definition) is 4. The van der Waals surface area contributed by atoms with Crippen LogP contribution in [0.25, 0.3) is 0 Å². The maximum atomic E-state index is 13.8. The van der Waals surface area contributed by atoms with Crippen molar-refractivity contribution in [3.8, 4) is 0 Å². The number of carboxylic acids is 1. The van der Waals surface area contributed by atoms with Crippen molar-refractivity contribution in [3.63, 3.8) is 0 Å². The summed E-state index contributed by atoms with van der Waals surface area (Å²) in [5, 5.41) is 18.7. The van der Waals surface area contributed by atoms with E-state index in [0.29, 0.717) is 17.0 Å². The van der Waals surface area contributed by atoms with Gasteiger partial charge in [0.25, 0.3) is 0 Å². The molecule has 166 valence electrons. The van der Waals surface area contributed by atoms with Crippen molar-refractivity contribution >= 4 is 29.2 Å². The summed E-state index contributed by atoms with van der Waals surface area (Å²) in [6.45, 7) is -0.798. The first-order chi connectivity index (χ1) is 15.3. The molecule has 0 atom stereocenters. The van der Waals surface area contributed by atoms with Crippen LogP contribution in [0.2, 0.25) is 5.02 Å². The van der Waals surface area contributed by atoms with Crippen molar-refractivity contribution in [2.24, 2.45) is 5.10 Å². The fraction of sp³-hybridized carbons (Fsp3) is 0.292. The molecular formula is C24H23ClFN3O3. The summed E-state index contributed by atoms with van der Waals surface area (Å²) in [4.78, 5) is 24.3. The number of aromatic carboxylic acids is 1. The van der Waals surface area contributed by atoms with E-state index in [1.54, 1.807) is 25.2 Å². The van der Waals surface area contributed by atoms with E-state index in [-0.39, 0.29) is 23.6 Å². The zero-order chi connectivity index (χ0) is 22.9. The maximum Gasteiger partial charge on any atom is 0.335 e. The number of alkyl halides is 1. The highest BCUT2D eigenvalue weighted by Gasteiger charge is 2.46. The van der Waals surface area contributed by atoms with Gasteiger partial charge in [0.15, 0.2) is 0 Å². The number of carbonyl (C=O) groups excluding carboxylic acids is 1. The molecule has 0 saturated heterocycles. The molecule has 8 heteroatoms. The number of rotatable bonds is 7. The summed E-state index contributed by atoms with van der Waals surface area (Å²) in [6.07, 6.45) is 2.23. The molecule has 1 aliphatic carbocycles. The number of hydrazone groups is 1. The quantitative estimate of drug-likeness (QED) is 0.652. The van der Waals surface area contributed by atoms with E-state index in [4.69, 9.17) is 16.7 Å². The Morgan fingerprint density at radius 2 is 1.94 bits per heavy atom. The lowest BCUT2D eigenvalue weighted by Crippen LogP contribution is -2.39. The van der Waals surface area contributed by atoms with Crippen LogP contribution in [0.15, 0.2) is 64.9 Å². The van der Waals surface area contributed by atoms with Crippen LogP contribution in [-0.2, 0) is 16.8 Å². The molecule has 2 N–H and O–H groups in total. The van der Waals surface area contributed by atoms with Gasteiger partial charge in [0.05, 0.1) is 16.8 Å². The number of hydrogen-bond donors (Lipinski definition) is 2. The molecular weight excluding hydrogens is 433 g/mol. The summed E-state index contributed by atoms with van der Waals surface area (Å²) < 4.78 is 13.8. The minimum absolute atomic E-state index is 0.189. The molecule has 0 aromatic heterocycles. The molecule has 0 unspecified atom stereocenters. The lowest BCUT2D eigenvalue weighted by Gasteiger charge is -2.27. The van der Waals surface area contributed by atoms with E-state index in [9.17, 15) is 14.0 Å². The first-order valence-corrected chi connectivity index (χ1v) is 10.7. The summed E-state index contributed by atoms with van der Waals surface area (Å²) in [6, 6.07) is 13.9. The van der Waals surface area contributed by atoms with Gasteiger partial charge in [0, 0.05) is 36.2 Å². The van der Waals surface area contributed by atoms with Gasteiger partial charge >= 0.3 is 5.97 Å². The van der Waals surface area contributed by atoms with Crippen molar-refractivity contribution in [2.75, 3.05) is 13.7 Å². The Hall–Kier alpha value is -3.19. The molecule has 2 aromatic rings. The number of nitrogens with one attached hydrogen (secondary N) is 1.